The number of carboxylic acids is 1. The van der Waals surface area contributed by atoms with Gasteiger partial charge in [-0.2, -0.15) is 0 Å². The highest BCUT2D eigenvalue weighted by Gasteiger charge is 2.09. The molecule has 0 bridgehead atoms. The van der Waals surface area contributed by atoms with Crippen molar-refractivity contribution in [3.63, 3.8) is 0 Å². The number of benzene rings is 2. The summed E-state index contributed by atoms with van der Waals surface area (Å²) in [5, 5.41) is 21.7. The van der Waals surface area contributed by atoms with Gasteiger partial charge in [-0.15, -0.1) is 0 Å². The van der Waals surface area contributed by atoms with Crippen molar-refractivity contribution < 1.29 is 15.0 Å². The normalized spacial score (nSPS) is 12.1. The lowest BCUT2D eigenvalue weighted by atomic mass is 10.0. The van der Waals surface area contributed by atoms with Crippen LogP contribution in [0.25, 0.3) is 0 Å². The van der Waals surface area contributed by atoms with Crippen molar-refractivity contribution in [3.8, 4) is 5.75 Å². The monoisotopic (exact) mass is 285 g/mol. The Morgan fingerprint density at radius 1 is 1.19 bits per heavy atom. The zero-order valence-electron chi connectivity index (χ0n) is 12.1. The van der Waals surface area contributed by atoms with Crippen molar-refractivity contribution in [2.45, 2.75) is 26.4 Å². The number of rotatable bonds is 5. The first kappa shape index (κ1) is 15.1. The largest absolute Gasteiger partial charge is 0.508 e. The molecule has 1 unspecified atom stereocenters. The Bertz CT molecular complexity index is 635. The van der Waals surface area contributed by atoms with Gasteiger partial charge in [0.15, 0.2) is 0 Å². The molecule has 4 heteroatoms. The summed E-state index contributed by atoms with van der Waals surface area (Å²) in [6.07, 6.45) is 0. The third-order valence-electron chi connectivity index (χ3n) is 3.53. The maximum Gasteiger partial charge on any atom is 0.335 e. The van der Waals surface area contributed by atoms with E-state index >= 15 is 0 Å². The van der Waals surface area contributed by atoms with E-state index in [0.29, 0.717) is 12.1 Å². The molecule has 0 spiro atoms. The SMILES string of the molecule is Cc1cc(O)ccc1C(C)NCc1ccc(C(=O)O)cc1. The van der Waals surface area contributed by atoms with Gasteiger partial charge in [0.25, 0.3) is 0 Å². The van der Waals surface area contributed by atoms with E-state index in [1.54, 1.807) is 24.3 Å². The Kier molecular flexibility index (Phi) is 4.60. The third-order valence-corrected chi connectivity index (χ3v) is 3.53. The lowest BCUT2D eigenvalue weighted by molar-refractivity contribution is 0.0697. The van der Waals surface area contributed by atoms with Crippen LogP contribution in [0.3, 0.4) is 0 Å². The van der Waals surface area contributed by atoms with Crippen molar-refractivity contribution in [3.05, 3.63) is 64.7 Å². The molecule has 0 fully saturated rings. The maximum atomic E-state index is 10.8. The van der Waals surface area contributed by atoms with Crippen LogP contribution >= 0.6 is 0 Å². The van der Waals surface area contributed by atoms with Crippen LogP contribution in [-0.2, 0) is 6.54 Å². The topological polar surface area (TPSA) is 69.6 Å². The Hall–Kier alpha value is -2.33. The lowest BCUT2D eigenvalue weighted by Gasteiger charge is -2.17. The van der Waals surface area contributed by atoms with Gasteiger partial charge in [-0.25, -0.2) is 4.79 Å². The highest BCUT2D eigenvalue weighted by molar-refractivity contribution is 5.87. The van der Waals surface area contributed by atoms with Gasteiger partial charge < -0.3 is 15.5 Å². The molecule has 0 saturated carbocycles. The molecule has 0 aliphatic carbocycles. The summed E-state index contributed by atoms with van der Waals surface area (Å²) in [7, 11) is 0. The summed E-state index contributed by atoms with van der Waals surface area (Å²) < 4.78 is 0. The molecule has 4 nitrogen and oxygen atoms in total. The zero-order valence-corrected chi connectivity index (χ0v) is 12.1. The van der Waals surface area contributed by atoms with Crippen LogP contribution in [0, 0.1) is 6.92 Å². The molecular formula is C17H19NO3. The van der Waals surface area contributed by atoms with Crippen LogP contribution in [0.5, 0.6) is 5.75 Å². The maximum absolute atomic E-state index is 10.8. The summed E-state index contributed by atoms with van der Waals surface area (Å²) >= 11 is 0. The highest BCUT2D eigenvalue weighted by Crippen LogP contribution is 2.22. The Morgan fingerprint density at radius 2 is 1.86 bits per heavy atom. The van der Waals surface area contributed by atoms with E-state index in [0.717, 1.165) is 16.7 Å². The quantitative estimate of drug-likeness (QED) is 0.788. The smallest absolute Gasteiger partial charge is 0.335 e. The number of carboxylic acid groups (broad SMARTS) is 1. The van der Waals surface area contributed by atoms with E-state index in [1.165, 1.54) is 0 Å². The summed E-state index contributed by atoms with van der Waals surface area (Å²) in [5.41, 5.74) is 3.50. The highest BCUT2D eigenvalue weighted by atomic mass is 16.4. The fourth-order valence-electron chi connectivity index (χ4n) is 2.29. The van der Waals surface area contributed by atoms with Gasteiger partial charge in [0, 0.05) is 12.6 Å². The fraction of sp³-hybridized carbons (Fsp3) is 0.235. The van der Waals surface area contributed by atoms with Crippen molar-refractivity contribution in [1.82, 2.24) is 5.32 Å². The van der Waals surface area contributed by atoms with Crippen LogP contribution in [0.2, 0.25) is 0 Å². The van der Waals surface area contributed by atoms with Crippen LogP contribution in [0.1, 0.15) is 40.0 Å². The molecule has 21 heavy (non-hydrogen) atoms. The molecule has 0 amide bonds. The van der Waals surface area contributed by atoms with Crippen molar-refractivity contribution >= 4 is 5.97 Å². The van der Waals surface area contributed by atoms with Gasteiger partial charge >= 0.3 is 5.97 Å². The van der Waals surface area contributed by atoms with E-state index in [1.807, 2.05) is 25.1 Å². The number of nitrogens with one attached hydrogen (secondary N) is 1. The first-order chi connectivity index (χ1) is 9.97. The van der Waals surface area contributed by atoms with Crippen LogP contribution in [0.15, 0.2) is 42.5 Å². The average molecular weight is 285 g/mol. The molecule has 110 valence electrons. The molecule has 0 aromatic heterocycles. The fourth-order valence-corrected chi connectivity index (χ4v) is 2.29. The van der Waals surface area contributed by atoms with Crippen LogP contribution in [-0.4, -0.2) is 16.2 Å². The van der Waals surface area contributed by atoms with Crippen molar-refractivity contribution in [2.24, 2.45) is 0 Å². The molecule has 0 radical (unpaired) electrons. The predicted molar refractivity (Wildman–Crippen MR) is 81.5 cm³/mol. The molecule has 0 heterocycles. The van der Waals surface area contributed by atoms with Gasteiger partial charge in [0.2, 0.25) is 0 Å². The minimum atomic E-state index is -0.914. The molecule has 2 rings (SSSR count). The molecule has 3 N–H and O–H groups in total. The lowest BCUT2D eigenvalue weighted by Crippen LogP contribution is -2.18. The first-order valence-corrected chi connectivity index (χ1v) is 6.82. The van der Waals surface area contributed by atoms with Gasteiger partial charge in [-0.3, -0.25) is 0 Å². The van der Waals surface area contributed by atoms with E-state index in [-0.39, 0.29) is 11.8 Å². The standard InChI is InChI=1S/C17H19NO3/c1-11-9-15(19)7-8-16(11)12(2)18-10-13-3-5-14(6-4-13)17(20)21/h3-9,12,18-19H,10H2,1-2H3,(H,20,21). The van der Waals surface area contributed by atoms with Gasteiger partial charge in [-0.05, 0) is 54.8 Å². The summed E-state index contributed by atoms with van der Waals surface area (Å²) in [6.45, 7) is 4.68. The second-order valence-electron chi connectivity index (χ2n) is 5.15. The number of hydrogen-bond acceptors (Lipinski definition) is 3. The number of phenols is 1. The Balaban J connectivity index is 2.00. The van der Waals surface area contributed by atoms with Crippen LogP contribution in [0.4, 0.5) is 0 Å². The number of aromatic carboxylic acids is 1. The molecule has 2 aromatic carbocycles. The van der Waals surface area contributed by atoms with E-state index in [9.17, 15) is 9.90 Å². The van der Waals surface area contributed by atoms with E-state index in [2.05, 4.69) is 12.2 Å². The van der Waals surface area contributed by atoms with E-state index in [4.69, 9.17) is 5.11 Å². The number of hydrogen-bond donors (Lipinski definition) is 3. The summed E-state index contributed by atoms with van der Waals surface area (Å²) in [4.78, 5) is 10.8. The Morgan fingerprint density at radius 3 is 2.43 bits per heavy atom. The predicted octanol–water partition coefficient (Wildman–Crippen LogP) is 3.25. The van der Waals surface area contributed by atoms with E-state index < -0.39 is 5.97 Å². The second kappa shape index (κ2) is 6.41. The summed E-state index contributed by atoms with van der Waals surface area (Å²) in [6, 6.07) is 12.3. The Labute approximate surface area is 124 Å². The number of phenolic OH excluding ortho intramolecular Hbond substituents is 1. The zero-order chi connectivity index (χ0) is 15.4. The minimum absolute atomic E-state index is 0.143. The molecule has 0 aliphatic rings. The third kappa shape index (κ3) is 3.83. The minimum Gasteiger partial charge on any atom is -0.508 e. The molecule has 1 atom stereocenters. The number of aromatic hydroxyl groups is 1. The second-order valence-corrected chi connectivity index (χ2v) is 5.15. The molecular weight excluding hydrogens is 266 g/mol. The van der Waals surface area contributed by atoms with Gasteiger partial charge in [0.05, 0.1) is 5.56 Å². The van der Waals surface area contributed by atoms with Gasteiger partial charge in [0.1, 0.15) is 5.75 Å². The van der Waals surface area contributed by atoms with Crippen molar-refractivity contribution in [2.75, 3.05) is 0 Å². The molecule has 0 saturated heterocycles. The van der Waals surface area contributed by atoms with Gasteiger partial charge in [-0.1, -0.05) is 18.2 Å². The molecule has 0 aliphatic heterocycles. The number of carbonyl (C=O) groups is 1. The summed E-state index contributed by atoms with van der Waals surface area (Å²) in [5.74, 6) is -0.643. The van der Waals surface area contributed by atoms with Crippen molar-refractivity contribution in [1.29, 1.82) is 0 Å². The first-order valence-electron chi connectivity index (χ1n) is 6.82. The van der Waals surface area contributed by atoms with Crippen LogP contribution < -0.4 is 5.32 Å². The molecule has 2 aromatic rings. The average Bonchev–Trinajstić information content (AvgIpc) is 2.45. The number of aryl methyl sites for hydroxylation is 1.